The predicted octanol–water partition coefficient (Wildman–Crippen LogP) is 8.26. The summed E-state index contributed by atoms with van der Waals surface area (Å²) in [5.74, 6) is 9.78. The summed E-state index contributed by atoms with van der Waals surface area (Å²) in [5.41, 5.74) is 0. The van der Waals surface area contributed by atoms with E-state index in [-0.39, 0.29) is 0 Å². The maximum Gasteiger partial charge on any atom is 0.116 e. The van der Waals surface area contributed by atoms with Crippen LogP contribution in [-0.2, 0) is 4.89 Å². The van der Waals surface area contributed by atoms with Crippen molar-refractivity contribution in [3.05, 3.63) is 0 Å². The molecule has 0 amide bonds. The Bertz CT molecular complexity index is 539. The SMILES string of the molecule is CCC(CC1CCC1CC1[B]C1CC1CC1CCOO)C(C)CCCCC1CC1CC. The molecule has 3 heteroatoms. The Morgan fingerprint density at radius 3 is 2.23 bits per heavy atom. The van der Waals surface area contributed by atoms with Crippen molar-refractivity contribution in [2.45, 2.75) is 122 Å². The molecular weight excluding hydrogens is 379 g/mol. The highest BCUT2D eigenvalue weighted by atomic mass is 17.1. The minimum absolute atomic E-state index is 0.527. The van der Waals surface area contributed by atoms with E-state index in [2.05, 4.69) is 32.9 Å². The van der Waals surface area contributed by atoms with Gasteiger partial charge in [-0.1, -0.05) is 83.8 Å². The summed E-state index contributed by atoms with van der Waals surface area (Å²) in [6, 6.07) is 0. The van der Waals surface area contributed by atoms with Crippen LogP contribution < -0.4 is 0 Å². The van der Waals surface area contributed by atoms with E-state index in [1.807, 2.05) is 0 Å². The molecule has 31 heavy (non-hydrogen) atoms. The number of rotatable bonds is 17. The van der Waals surface area contributed by atoms with Crippen LogP contribution in [0.3, 0.4) is 0 Å². The summed E-state index contributed by atoms with van der Waals surface area (Å²) in [7, 11) is 2.66. The molecule has 0 aromatic carbocycles. The topological polar surface area (TPSA) is 29.5 Å². The zero-order chi connectivity index (χ0) is 21.8. The lowest BCUT2D eigenvalue weighted by molar-refractivity contribution is -0.243. The monoisotopic (exact) mass is 429 g/mol. The largest absolute Gasteiger partial charge is 0.252 e. The Kier molecular flexibility index (Phi) is 8.88. The summed E-state index contributed by atoms with van der Waals surface area (Å²) in [6.45, 7) is 7.91. The Labute approximate surface area is 193 Å². The molecule has 1 saturated heterocycles. The molecule has 4 fully saturated rings. The lowest BCUT2D eigenvalue weighted by Crippen LogP contribution is -2.29. The maximum absolute atomic E-state index is 8.52. The van der Waals surface area contributed by atoms with Crippen LogP contribution in [0, 0.1) is 47.3 Å². The van der Waals surface area contributed by atoms with E-state index in [0.29, 0.717) is 6.61 Å². The smallest absolute Gasteiger partial charge is 0.116 e. The van der Waals surface area contributed by atoms with Crippen molar-refractivity contribution in [2.75, 3.05) is 6.61 Å². The molecule has 4 aliphatic rings. The summed E-state index contributed by atoms with van der Waals surface area (Å²) >= 11 is 0. The highest BCUT2D eigenvalue weighted by Crippen LogP contribution is 2.59. The maximum atomic E-state index is 8.52. The Morgan fingerprint density at radius 2 is 1.58 bits per heavy atom. The first-order valence-corrected chi connectivity index (χ1v) is 14.2. The first-order valence-electron chi connectivity index (χ1n) is 14.2. The average Bonchev–Trinajstić information content (AvgIpc) is 3.66. The molecule has 10 atom stereocenters. The van der Waals surface area contributed by atoms with Gasteiger partial charge in [-0.25, -0.2) is 4.89 Å². The van der Waals surface area contributed by atoms with Gasteiger partial charge in [0, 0.05) is 0 Å². The molecule has 1 aliphatic heterocycles. The minimum atomic E-state index is 0.527. The molecule has 1 heterocycles. The van der Waals surface area contributed by atoms with Crippen LogP contribution in [0.1, 0.15) is 111 Å². The second-order valence-electron chi connectivity index (χ2n) is 12.3. The third-order valence-electron chi connectivity index (χ3n) is 10.3. The van der Waals surface area contributed by atoms with Gasteiger partial charge in [0.15, 0.2) is 0 Å². The average molecular weight is 430 g/mol. The number of hydrogen-bond donors (Lipinski definition) is 1. The van der Waals surface area contributed by atoms with Crippen LogP contribution in [0.2, 0.25) is 11.6 Å². The van der Waals surface area contributed by atoms with Crippen molar-refractivity contribution in [1.82, 2.24) is 0 Å². The third kappa shape index (κ3) is 6.98. The van der Waals surface area contributed by atoms with Crippen molar-refractivity contribution >= 4 is 7.28 Å². The van der Waals surface area contributed by atoms with Gasteiger partial charge in [-0.15, -0.1) is 0 Å². The number of unbranched alkanes of at least 4 members (excludes halogenated alkanes) is 1. The quantitative estimate of drug-likeness (QED) is 0.109. The van der Waals surface area contributed by atoms with E-state index < -0.39 is 0 Å². The van der Waals surface area contributed by atoms with Crippen LogP contribution in [0.15, 0.2) is 0 Å². The molecule has 1 radical (unpaired) electrons. The zero-order valence-electron chi connectivity index (χ0n) is 20.8. The fourth-order valence-corrected chi connectivity index (χ4v) is 7.34. The van der Waals surface area contributed by atoms with Gasteiger partial charge in [0.1, 0.15) is 7.28 Å². The second-order valence-corrected chi connectivity index (χ2v) is 12.3. The molecule has 10 unspecified atom stereocenters. The highest BCUT2D eigenvalue weighted by Gasteiger charge is 2.47. The van der Waals surface area contributed by atoms with E-state index in [4.69, 9.17) is 5.26 Å². The van der Waals surface area contributed by atoms with Gasteiger partial charge in [-0.3, -0.25) is 5.26 Å². The third-order valence-corrected chi connectivity index (χ3v) is 10.3. The van der Waals surface area contributed by atoms with Crippen LogP contribution in [-0.4, -0.2) is 19.1 Å². The highest BCUT2D eigenvalue weighted by molar-refractivity contribution is 6.53. The van der Waals surface area contributed by atoms with Gasteiger partial charge >= 0.3 is 0 Å². The second kappa shape index (κ2) is 11.4. The van der Waals surface area contributed by atoms with E-state index in [1.165, 1.54) is 83.5 Å². The van der Waals surface area contributed by atoms with Crippen molar-refractivity contribution in [2.24, 2.45) is 47.3 Å². The fraction of sp³-hybridized carbons (Fsp3) is 1.00. The Morgan fingerprint density at radius 1 is 0.871 bits per heavy atom. The lowest BCUT2D eigenvalue weighted by atomic mass is 9.65. The minimum Gasteiger partial charge on any atom is -0.252 e. The van der Waals surface area contributed by atoms with Gasteiger partial charge < -0.3 is 0 Å². The van der Waals surface area contributed by atoms with Gasteiger partial charge in [0.25, 0.3) is 0 Å². The van der Waals surface area contributed by atoms with Gasteiger partial charge in [0.05, 0.1) is 6.61 Å². The van der Waals surface area contributed by atoms with Gasteiger partial charge in [0.2, 0.25) is 0 Å². The molecule has 0 spiro atoms. The normalized spacial score (nSPS) is 40.0. The Hall–Kier alpha value is -0.0151. The fourth-order valence-electron chi connectivity index (χ4n) is 7.34. The molecule has 2 nitrogen and oxygen atoms in total. The van der Waals surface area contributed by atoms with Crippen LogP contribution in [0.5, 0.6) is 0 Å². The Balaban J connectivity index is 1.07. The van der Waals surface area contributed by atoms with E-state index in [0.717, 1.165) is 65.4 Å². The summed E-state index contributed by atoms with van der Waals surface area (Å²) in [5, 5.41) is 8.52. The van der Waals surface area contributed by atoms with Crippen molar-refractivity contribution in [3.63, 3.8) is 0 Å². The molecule has 177 valence electrons. The number of hydrogen-bond acceptors (Lipinski definition) is 2. The van der Waals surface area contributed by atoms with E-state index in [9.17, 15) is 0 Å². The summed E-state index contributed by atoms with van der Waals surface area (Å²) in [6.07, 6.45) is 20.2. The molecule has 3 aliphatic carbocycles. The van der Waals surface area contributed by atoms with Crippen molar-refractivity contribution in [1.29, 1.82) is 0 Å². The molecule has 0 aromatic rings. The molecule has 0 aromatic heterocycles. The van der Waals surface area contributed by atoms with Crippen LogP contribution in [0.25, 0.3) is 0 Å². The van der Waals surface area contributed by atoms with Gasteiger partial charge in [-0.05, 0) is 85.9 Å². The van der Waals surface area contributed by atoms with Crippen LogP contribution in [0.4, 0.5) is 0 Å². The van der Waals surface area contributed by atoms with Crippen LogP contribution >= 0.6 is 0 Å². The molecule has 0 bridgehead atoms. The first kappa shape index (κ1) is 24.1. The predicted molar refractivity (Wildman–Crippen MR) is 131 cm³/mol. The van der Waals surface area contributed by atoms with Crippen molar-refractivity contribution < 1.29 is 10.1 Å². The molecule has 1 N–H and O–H groups in total. The van der Waals surface area contributed by atoms with E-state index >= 15 is 0 Å². The van der Waals surface area contributed by atoms with E-state index in [1.54, 1.807) is 0 Å². The van der Waals surface area contributed by atoms with Crippen molar-refractivity contribution in [3.8, 4) is 0 Å². The standard InChI is InChI=1S/C28H50BO2/c1-4-20(19(3)8-6-7-9-22-15-21(22)5-2)14-23-10-11-24(23)17-27-28(29-27)18-26-16-25(26)12-13-31-30/h19-28,30H,4-18H2,1-3H3. The molecule has 4 rings (SSSR count). The zero-order valence-corrected chi connectivity index (χ0v) is 20.8. The summed E-state index contributed by atoms with van der Waals surface area (Å²) < 4.78 is 0. The molecule has 3 saturated carbocycles. The van der Waals surface area contributed by atoms with Gasteiger partial charge in [-0.2, -0.15) is 0 Å². The summed E-state index contributed by atoms with van der Waals surface area (Å²) in [4.78, 5) is 4.27. The lowest BCUT2D eigenvalue weighted by Gasteiger charge is -2.40. The molecular formula is C28H50BO2. The first-order chi connectivity index (χ1) is 15.1.